The van der Waals surface area contributed by atoms with Crippen LogP contribution in [0.4, 0.5) is 5.69 Å². The molecule has 0 heterocycles. The molecule has 0 aromatic heterocycles. The SMILES string of the molecule is CCc1ccc(NC(N)=NCCc2ccc(OCC(=O)NC3CC3)cc2)cc1. The lowest BCUT2D eigenvalue weighted by atomic mass is 10.1. The van der Waals surface area contributed by atoms with E-state index in [2.05, 4.69) is 34.7 Å². The van der Waals surface area contributed by atoms with Gasteiger partial charge in [-0.05, 0) is 61.1 Å². The minimum absolute atomic E-state index is 0.0571. The maximum absolute atomic E-state index is 11.6. The van der Waals surface area contributed by atoms with Crippen molar-refractivity contribution in [3.8, 4) is 5.75 Å². The lowest BCUT2D eigenvalue weighted by Crippen LogP contribution is -2.30. The van der Waals surface area contributed by atoms with Crippen LogP contribution in [-0.2, 0) is 17.6 Å². The monoisotopic (exact) mass is 380 g/mol. The van der Waals surface area contributed by atoms with Gasteiger partial charge in [0.1, 0.15) is 5.75 Å². The van der Waals surface area contributed by atoms with E-state index >= 15 is 0 Å². The zero-order chi connectivity index (χ0) is 19.8. The van der Waals surface area contributed by atoms with Gasteiger partial charge in [-0.1, -0.05) is 31.2 Å². The van der Waals surface area contributed by atoms with Crippen LogP contribution in [0.25, 0.3) is 0 Å². The molecule has 1 saturated carbocycles. The predicted molar refractivity (Wildman–Crippen MR) is 113 cm³/mol. The third kappa shape index (κ3) is 6.61. The Morgan fingerprint density at radius 1 is 1.11 bits per heavy atom. The van der Waals surface area contributed by atoms with Crippen LogP contribution in [0.5, 0.6) is 5.75 Å². The van der Waals surface area contributed by atoms with Crippen LogP contribution in [0.2, 0.25) is 0 Å². The number of hydrogen-bond acceptors (Lipinski definition) is 3. The number of anilines is 1. The van der Waals surface area contributed by atoms with Crippen LogP contribution in [0, 0.1) is 0 Å². The van der Waals surface area contributed by atoms with E-state index in [0.29, 0.717) is 24.3 Å². The van der Waals surface area contributed by atoms with Gasteiger partial charge in [-0.3, -0.25) is 9.79 Å². The Bertz CT molecular complexity index is 796. The molecule has 1 amide bonds. The van der Waals surface area contributed by atoms with Crippen molar-refractivity contribution >= 4 is 17.6 Å². The topological polar surface area (TPSA) is 88.7 Å². The molecule has 2 aromatic rings. The van der Waals surface area contributed by atoms with Crippen molar-refractivity contribution in [2.24, 2.45) is 10.7 Å². The van der Waals surface area contributed by atoms with Gasteiger partial charge in [0.2, 0.25) is 0 Å². The van der Waals surface area contributed by atoms with Crippen molar-refractivity contribution in [1.29, 1.82) is 0 Å². The summed E-state index contributed by atoms with van der Waals surface area (Å²) in [5.41, 5.74) is 9.31. The maximum Gasteiger partial charge on any atom is 0.258 e. The summed E-state index contributed by atoms with van der Waals surface area (Å²) in [5, 5.41) is 6.00. The number of hydrogen-bond donors (Lipinski definition) is 3. The third-order valence-electron chi connectivity index (χ3n) is 4.55. The lowest BCUT2D eigenvalue weighted by molar-refractivity contribution is -0.123. The Morgan fingerprint density at radius 3 is 2.43 bits per heavy atom. The molecule has 0 radical (unpaired) electrons. The van der Waals surface area contributed by atoms with Gasteiger partial charge in [0.25, 0.3) is 5.91 Å². The molecule has 6 heteroatoms. The van der Waals surface area contributed by atoms with Crippen molar-refractivity contribution < 1.29 is 9.53 Å². The Kier molecular flexibility index (Phi) is 6.89. The summed E-state index contributed by atoms with van der Waals surface area (Å²) in [6, 6.07) is 16.2. The van der Waals surface area contributed by atoms with E-state index in [0.717, 1.165) is 36.9 Å². The summed E-state index contributed by atoms with van der Waals surface area (Å²) in [4.78, 5) is 16.0. The number of aliphatic imine (C=N–C) groups is 1. The van der Waals surface area contributed by atoms with Gasteiger partial charge in [0.05, 0.1) is 0 Å². The van der Waals surface area contributed by atoms with Crippen LogP contribution in [0.3, 0.4) is 0 Å². The predicted octanol–water partition coefficient (Wildman–Crippen LogP) is 2.88. The van der Waals surface area contributed by atoms with E-state index in [4.69, 9.17) is 10.5 Å². The average Bonchev–Trinajstić information content (AvgIpc) is 3.52. The van der Waals surface area contributed by atoms with E-state index in [-0.39, 0.29) is 12.5 Å². The fourth-order valence-electron chi connectivity index (χ4n) is 2.71. The number of rotatable bonds is 9. The van der Waals surface area contributed by atoms with Crippen molar-refractivity contribution in [1.82, 2.24) is 5.32 Å². The highest BCUT2D eigenvalue weighted by Crippen LogP contribution is 2.18. The van der Waals surface area contributed by atoms with Crippen molar-refractivity contribution in [2.45, 2.75) is 38.6 Å². The number of aryl methyl sites for hydroxylation is 1. The molecule has 28 heavy (non-hydrogen) atoms. The Balaban J connectivity index is 1.39. The smallest absolute Gasteiger partial charge is 0.258 e. The Labute approximate surface area is 166 Å². The first-order valence-corrected chi connectivity index (χ1v) is 9.79. The first-order chi connectivity index (χ1) is 13.6. The van der Waals surface area contributed by atoms with Gasteiger partial charge >= 0.3 is 0 Å². The second kappa shape index (κ2) is 9.78. The number of carbonyl (C=O) groups is 1. The van der Waals surface area contributed by atoms with E-state index < -0.39 is 0 Å². The second-order valence-electron chi connectivity index (χ2n) is 6.97. The molecule has 1 aliphatic carbocycles. The van der Waals surface area contributed by atoms with E-state index in [1.54, 1.807) is 0 Å². The first-order valence-electron chi connectivity index (χ1n) is 9.79. The summed E-state index contributed by atoms with van der Waals surface area (Å²) in [5.74, 6) is 1.04. The molecule has 0 bridgehead atoms. The van der Waals surface area contributed by atoms with Crippen LogP contribution >= 0.6 is 0 Å². The molecule has 3 rings (SSSR count). The molecule has 0 unspecified atom stereocenters. The third-order valence-corrected chi connectivity index (χ3v) is 4.55. The number of nitrogens with one attached hydrogen (secondary N) is 2. The fourth-order valence-corrected chi connectivity index (χ4v) is 2.71. The minimum atomic E-state index is -0.0618. The van der Waals surface area contributed by atoms with Crippen LogP contribution < -0.4 is 21.1 Å². The minimum Gasteiger partial charge on any atom is -0.484 e. The van der Waals surface area contributed by atoms with E-state index in [1.165, 1.54) is 5.56 Å². The number of nitrogens with zero attached hydrogens (tertiary/aromatic N) is 1. The lowest BCUT2D eigenvalue weighted by Gasteiger charge is -2.08. The molecule has 1 aliphatic rings. The van der Waals surface area contributed by atoms with Gasteiger partial charge in [-0.2, -0.15) is 0 Å². The fraction of sp³-hybridized carbons (Fsp3) is 0.364. The summed E-state index contributed by atoms with van der Waals surface area (Å²) in [6.07, 6.45) is 3.95. The first kappa shape index (κ1) is 19.7. The maximum atomic E-state index is 11.6. The number of benzene rings is 2. The number of carbonyl (C=O) groups excluding carboxylic acids is 1. The molecule has 0 spiro atoms. The molecule has 0 saturated heterocycles. The van der Waals surface area contributed by atoms with Crippen molar-refractivity contribution in [2.75, 3.05) is 18.5 Å². The average molecular weight is 380 g/mol. The Morgan fingerprint density at radius 2 is 1.79 bits per heavy atom. The number of guanidine groups is 1. The number of amides is 1. The van der Waals surface area contributed by atoms with Gasteiger partial charge in [-0.15, -0.1) is 0 Å². The number of ether oxygens (including phenoxy) is 1. The van der Waals surface area contributed by atoms with Crippen molar-refractivity contribution in [3.05, 3.63) is 59.7 Å². The van der Waals surface area contributed by atoms with Crippen LogP contribution in [0.15, 0.2) is 53.5 Å². The van der Waals surface area contributed by atoms with Gasteiger partial charge in [0.15, 0.2) is 12.6 Å². The second-order valence-corrected chi connectivity index (χ2v) is 6.97. The molecule has 6 nitrogen and oxygen atoms in total. The summed E-state index contributed by atoms with van der Waals surface area (Å²) >= 11 is 0. The molecule has 1 fully saturated rings. The molecule has 148 valence electrons. The molecular weight excluding hydrogens is 352 g/mol. The normalized spacial score (nSPS) is 13.8. The highest BCUT2D eigenvalue weighted by molar-refractivity contribution is 5.92. The molecule has 2 aromatic carbocycles. The highest BCUT2D eigenvalue weighted by atomic mass is 16.5. The molecule has 0 atom stereocenters. The Hall–Kier alpha value is -3.02. The largest absolute Gasteiger partial charge is 0.484 e. The van der Waals surface area contributed by atoms with Crippen molar-refractivity contribution in [3.63, 3.8) is 0 Å². The molecular formula is C22H28N4O2. The van der Waals surface area contributed by atoms with E-state index in [1.807, 2.05) is 36.4 Å². The summed E-state index contributed by atoms with van der Waals surface area (Å²) in [6.45, 7) is 2.78. The zero-order valence-electron chi connectivity index (χ0n) is 16.3. The van der Waals surface area contributed by atoms with Gasteiger partial charge in [0, 0.05) is 18.3 Å². The van der Waals surface area contributed by atoms with Crippen LogP contribution in [0.1, 0.15) is 30.9 Å². The van der Waals surface area contributed by atoms with E-state index in [9.17, 15) is 4.79 Å². The molecule has 0 aliphatic heterocycles. The standard InChI is InChI=1S/C22H28N4O2/c1-2-16-3-7-19(8-4-16)26-22(23)24-14-13-17-5-11-20(12-6-17)28-15-21(27)25-18-9-10-18/h3-8,11-12,18H,2,9-10,13-15H2,1H3,(H,25,27)(H3,23,24,26). The molecule has 4 N–H and O–H groups in total. The van der Waals surface area contributed by atoms with Gasteiger partial charge in [-0.25, -0.2) is 0 Å². The summed E-state index contributed by atoms with van der Waals surface area (Å²) < 4.78 is 5.51. The van der Waals surface area contributed by atoms with Crippen LogP contribution in [-0.4, -0.2) is 31.1 Å². The summed E-state index contributed by atoms with van der Waals surface area (Å²) in [7, 11) is 0. The quantitative estimate of drug-likeness (QED) is 0.461. The highest BCUT2D eigenvalue weighted by Gasteiger charge is 2.23. The van der Waals surface area contributed by atoms with Gasteiger partial charge < -0.3 is 21.1 Å². The number of nitrogens with two attached hydrogens (primary N) is 1. The zero-order valence-corrected chi connectivity index (χ0v) is 16.3.